The molecule has 0 aliphatic rings. The number of carbonyl (C=O) groups is 1. The summed E-state index contributed by atoms with van der Waals surface area (Å²) in [6, 6.07) is 6.90. The van der Waals surface area contributed by atoms with Crippen molar-refractivity contribution in [2.45, 2.75) is 20.5 Å². The summed E-state index contributed by atoms with van der Waals surface area (Å²) in [5, 5.41) is 0. The average Bonchev–Trinajstić information content (AvgIpc) is 2.84. The summed E-state index contributed by atoms with van der Waals surface area (Å²) in [5.41, 5.74) is 0. The molecule has 2 aromatic heterocycles. The molecule has 84 valence electrons. The SMILES string of the molecule is Cc1ccc(COC(=O)c2ccc(C)o2)o1. The topological polar surface area (TPSA) is 52.6 Å². The Labute approximate surface area is 92.8 Å². The van der Waals surface area contributed by atoms with Gasteiger partial charge in [0.1, 0.15) is 23.9 Å². The van der Waals surface area contributed by atoms with Gasteiger partial charge in [-0.3, -0.25) is 0 Å². The highest BCUT2D eigenvalue weighted by Crippen LogP contribution is 2.11. The van der Waals surface area contributed by atoms with Crippen LogP contribution in [0.1, 0.15) is 27.8 Å². The number of furan rings is 2. The average molecular weight is 220 g/mol. The van der Waals surface area contributed by atoms with Crippen LogP contribution in [0.25, 0.3) is 0 Å². The minimum absolute atomic E-state index is 0.117. The van der Waals surface area contributed by atoms with Gasteiger partial charge in [0.05, 0.1) is 0 Å². The highest BCUT2D eigenvalue weighted by atomic mass is 16.6. The molecule has 0 spiro atoms. The zero-order valence-electron chi connectivity index (χ0n) is 9.15. The van der Waals surface area contributed by atoms with Crippen molar-refractivity contribution in [3.8, 4) is 0 Å². The van der Waals surface area contributed by atoms with Gasteiger partial charge in [-0.1, -0.05) is 0 Å². The molecule has 0 aromatic carbocycles. The van der Waals surface area contributed by atoms with Crippen molar-refractivity contribution in [2.75, 3.05) is 0 Å². The van der Waals surface area contributed by atoms with E-state index in [9.17, 15) is 4.79 Å². The standard InChI is InChI=1S/C12H12O4/c1-8-3-5-10(15-8)7-14-12(13)11-6-4-9(2)16-11/h3-6H,7H2,1-2H3. The molecule has 0 bridgehead atoms. The summed E-state index contributed by atoms with van der Waals surface area (Å²) in [6.45, 7) is 3.72. The van der Waals surface area contributed by atoms with E-state index in [1.165, 1.54) is 0 Å². The molecule has 0 fully saturated rings. The Morgan fingerprint density at radius 2 is 1.81 bits per heavy atom. The number of ether oxygens (including phenoxy) is 1. The van der Waals surface area contributed by atoms with Gasteiger partial charge in [0, 0.05) is 0 Å². The third kappa shape index (κ3) is 2.34. The quantitative estimate of drug-likeness (QED) is 0.746. The first-order valence-electron chi connectivity index (χ1n) is 4.94. The third-order valence-electron chi connectivity index (χ3n) is 2.08. The fourth-order valence-electron chi connectivity index (χ4n) is 1.31. The molecule has 4 nitrogen and oxygen atoms in total. The lowest BCUT2D eigenvalue weighted by Gasteiger charge is -1.99. The van der Waals surface area contributed by atoms with Gasteiger partial charge >= 0.3 is 5.97 Å². The van der Waals surface area contributed by atoms with E-state index in [1.807, 2.05) is 13.0 Å². The lowest BCUT2D eigenvalue weighted by atomic mass is 10.4. The lowest BCUT2D eigenvalue weighted by molar-refractivity contribution is 0.0406. The highest BCUT2D eigenvalue weighted by molar-refractivity contribution is 5.86. The Hall–Kier alpha value is -1.97. The number of hydrogen-bond donors (Lipinski definition) is 0. The predicted molar refractivity (Wildman–Crippen MR) is 56.0 cm³/mol. The zero-order chi connectivity index (χ0) is 11.5. The van der Waals surface area contributed by atoms with E-state index in [0.717, 1.165) is 5.76 Å². The number of esters is 1. The summed E-state index contributed by atoms with van der Waals surface area (Å²) >= 11 is 0. The monoisotopic (exact) mass is 220 g/mol. The molecule has 4 heteroatoms. The van der Waals surface area contributed by atoms with E-state index in [0.29, 0.717) is 11.5 Å². The molecular weight excluding hydrogens is 208 g/mol. The highest BCUT2D eigenvalue weighted by Gasteiger charge is 2.12. The summed E-state index contributed by atoms with van der Waals surface area (Å²) in [6.07, 6.45) is 0. The Morgan fingerprint density at radius 3 is 2.38 bits per heavy atom. The summed E-state index contributed by atoms with van der Waals surface area (Å²) in [7, 11) is 0. The van der Waals surface area contributed by atoms with E-state index < -0.39 is 5.97 Å². The molecule has 0 aliphatic heterocycles. The number of rotatable bonds is 3. The Morgan fingerprint density at radius 1 is 1.12 bits per heavy atom. The second-order valence-electron chi connectivity index (χ2n) is 3.50. The minimum atomic E-state index is -0.484. The number of hydrogen-bond acceptors (Lipinski definition) is 4. The van der Waals surface area contributed by atoms with E-state index in [-0.39, 0.29) is 12.4 Å². The molecule has 0 N–H and O–H groups in total. The molecule has 2 heterocycles. The molecule has 0 radical (unpaired) electrons. The molecule has 0 atom stereocenters. The molecule has 0 unspecified atom stereocenters. The van der Waals surface area contributed by atoms with Gasteiger partial charge < -0.3 is 13.6 Å². The first-order valence-corrected chi connectivity index (χ1v) is 4.94. The predicted octanol–water partition coefficient (Wildman–Crippen LogP) is 2.85. The normalized spacial score (nSPS) is 10.4. The van der Waals surface area contributed by atoms with E-state index in [2.05, 4.69) is 0 Å². The maximum atomic E-state index is 11.5. The molecule has 0 saturated heterocycles. The van der Waals surface area contributed by atoms with Crippen LogP contribution in [-0.2, 0) is 11.3 Å². The Balaban J connectivity index is 1.93. The Kier molecular flexibility index (Phi) is 2.81. The summed E-state index contributed by atoms with van der Waals surface area (Å²) in [5.74, 6) is 1.82. The zero-order valence-corrected chi connectivity index (χ0v) is 9.15. The molecule has 2 aromatic rings. The number of carbonyl (C=O) groups excluding carboxylic acids is 1. The fraction of sp³-hybridized carbons (Fsp3) is 0.250. The van der Waals surface area contributed by atoms with Crippen LogP contribution in [0.3, 0.4) is 0 Å². The van der Waals surface area contributed by atoms with Crippen LogP contribution in [-0.4, -0.2) is 5.97 Å². The van der Waals surface area contributed by atoms with Crippen LogP contribution in [0.2, 0.25) is 0 Å². The van der Waals surface area contributed by atoms with Crippen LogP contribution in [0, 0.1) is 13.8 Å². The molecule has 0 saturated carbocycles. The van der Waals surface area contributed by atoms with Crippen molar-refractivity contribution in [1.29, 1.82) is 0 Å². The van der Waals surface area contributed by atoms with Crippen LogP contribution in [0.4, 0.5) is 0 Å². The molecule has 0 amide bonds. The van der Waals surface area contributed by atoms with E-state index in [1.54, 1.807) is 25.1 Å². The van der Waals surface area contributed by atoms with Crippen molar-refractivity contribution in [3.63, 3.8) is 0 Å². The van der Waals surface area contributed by atoms with Crippen molar-refractivity contribution in [3.05, 3.63) is 47.3 Å². The van der Waals surface area contributed by atoms with Gasteiger partial charge in [-0.05, 0) is 38.1 Å². The lowest BCUT2D eigenvalue weighted by Crippen LogP contribution is -2.03. The second-order valence-corrected chi connectivity index (χ2v) is 3.50. The minimum Gasteiger partial charge on any atom is -0.463 e. The summed E-state index contributed by atoms with van der Waals surface area (Å²) < 4.78 is 15.4. The maximum absolute atomic E-state index is 11.5. The van der Waals surface area contributed by atoms with Crippen molar-refractivity contribution >= 4 is 5.97 Å². The van der Waals surface area contributed by atoms with Gasteiger partial charge in [-0.2, -0.15) is 0 Å². The van der Waals surface area contributed by atoms with Gasteiger partial charge in [0.15, 0.2) is 0 Å². The van der Waals surface area contributed by atoms with Crippen LogP contribution < -0.4 is 0 Å². The van der Waals surface area contributed by atoms with Crippen molar-refractivity contribution in [2.24, 2.45) is 0 Å². The smallest absolute Gasteiger partial charge is 0.374 e. The third-order valence-corrected chi connectivity index (χ3v) is 2.08. The largest absolute Gasteiger partial charge is 0.463 e. The molecule has 0 aliphatic carbocycles. The fourth-order valence-corrected chi connectivity index (χ4v) is 1.31. The first kappa shape index (κ1) is 10.5. The van der Waals surface area contributed by atoms with Crippen LogP contribution >= 0.6 is 0 Å². The first-order chi connectivity index (χ1) is 7.65. The van der Waals surface area contributed by atoms with Gasteiger partial charge in [-0.15, -0.1) is 0 Å². The second kappa shape index (κ2) is 4.26. The van der Waals surface area contributed by atoms with Crippen LogP contribution in [0.5, 0.6) is 0 Å². The number of aryl methyl sites for hydroxylation is 2. The molecule has 2 rings (SSSR count). The van der Waals surface area contributed by atoms with E-state index >= 15 is 0 Å². The summed E-state index contributed by atoms with van der Waals surface area (Å²) in [4.78, 5) is 11.5. The van der Waals surface area contributed by atoms with Gasteiger partial charge in [0.2, 0.25) is 5.76 Å². The van der Waals surface area contributed by atoms with E-state index in [4.69, 9.17) is 13.6 Å². The van der Waals surface area contributed by atoms with Crippen LogP contribution in [0.15, 0.2) is 33.1 Å². The van der Waals surface area contributed by atoms with Gasteiger partial charge in [-0.25, -0.2) is 4.79 Å². The Bertz CT molecular complexity index is 493. The maximum Gasteiger partial charge on any atom is 0.374 e. The van der Waals surface area contributed by atoms with Crippen molar-refractivity contribution in [1.82, 2.24) is 0 Å². The van der Waals surface area contributed by atoms with Gasteiger partial charge in [0.25, 0.3) is 0 Å². The molecule has 16 heavy (non-hydrogen) atoms. The van der Waals surface area contributed by atoms with Crippen molar-refractivity contribution < 1.29 is 18.4 Å². The molecular formula is C12H12O4.